The first-order valence-corrected chi connectivity index (χ1v) is 14.7. The molecule has 0 spiro atoms. The molecule has 0 bridgehead atoms. The molecule has 0 saturated heterocycles. The zero-order valence-corrected chi connectivity index (χ0v) is 25.5. The summed E-state index contributed by atoms with van der Waals surface area (Å²) in [6.45, 7) is 6.15. The average molecular weight is 634 g/mol. The number of hydrogen-bond donors (Lipinski definition) is 0. The Balaban J connectivity index is 1.53. The van der Waals surface area contributed by atoms with E-state index in [9.17, 15) is 9.59 Å². The lowest BCUT2D eigenvalue weighted by molar-refractivity contribution is -0.139. The molecule has 0 amide bonds. The van der Waals surface area contributed by atoms with E-state index in [4.69, 9.17) is 14.2 Å². The normalized spacial score (nSPS) is 14.9. The molecule has 0 fully saturated rings. The molecule has 0 aliphatic carbocycles. The van der Waals surface area contributed by atoms with Gasteiger partial charge in [-0.25, -0.2) is 9.79 Å². The van der Waals surface area contributed by atoms with Crippen LogP contribution in [0.1, 0.15) is 42.1 Å². The third kappa shape index (κ3) is 6.06. The van der Waals surface area contributed by atoms with E-state index in [0.29, 0.717) is 38.7 Å². The Morgan fingerprint density at radius 3 is 2.46 bits per heavy atom. The van der Waals surface area contributed by atoms with Gasteiger partial charge in [0.1, 0.15) is 6.61 Å². The summed E-state index contributed by atoms with van der Waals surface area (Å²) in [4.78, 5) is 32.1. The molecular weight excluding hydrogens is 604 g/mol. The number of benzene rings is 3. The maximum absolute atomic E-state index is 13.9. The van der Waals surface area contributed by atoms with E-state index in [2.05, 4.69) is 20.9 Å². The summed E-state index contributed by atoms with van der Waals surface area (Å²) in [5.41, 5.74) is 4.37. The first-order valence-electron chi connectivity index (χ1n) is 13.1. The minimum absolute atomic E-state index is 0.228. The third-order valence-corrected chi connectivity index (χ3v) is 8.21. The molecule has 0 saturated carbocycles. The molecule has 1 aromatic heterocycles. The molecule has 210 valence electrons. The molecule has 3 aromatic carbocycles. The summed E-state index contributed by atoms with van der Waals surface area (Å²) in [6.07, 6.45) is 1.81. The summed E-state index contributed by atoms with van der Waals surface area (Å²) in [7, 11) is 1.58. The minimum Gasteiger partial charge on any atom is -0.493 e. The standard InChI is InChI=1S/C32H29BrN2O5S/c1-5-39-31(37)28-20(3)34-32-35(29(28)23-11-6-19(2)7-12-23)30(36)27(41-32)17-22-10-15-25(26(16-22)38-4)40-18-21-8-13-24(33)14-9-21/h6-17,29H,5,18H2,1-4H3/b27-17+/t29-/m1/s1. The number of carbonyl (C=O) groups is 1. The van der Waals surface area contributed by atoms with E-state index in [1.165, 1.54) is 11.3 Å². The number of aromatic nitrogens is 1. The van der Waals surface area contributed by atoms with Crippen molar-refractivity contribution in [1.82, 2.24) is 4.57 Å². The van der Waals surface area contributed by atoms with Crippen molar-refractivity contribution in [3.8, 4) is 11.5 Å². The van der Waals surface area contributed by atoms with Crippen LogP contribution < -0.4 is 24.4 Å². The van der Waals surface area contributed by atoms with Crippen molar-refractivity contribution in [3.63, 3.8) is 0 Å². The number of thiazole rings is 1. The van der Waals surface area contributed by atoms with Gasteiger partial charge in [-0.05, 0) is 67.8 Å². The number of halogens is 1. The number of allylic oxidation sites excluding steroid dienone is 1. The van der Waals surface area contributed by atoms with Crippen LogP contribution in [0.15, 0.2) is 92.3 Å². The Morgan fingerprint density at radius 1 is 1.05 bits per heavy atom. The second-order valence-electron chi connectivity index (χ2n) is 9.54. The molecule has 4 aromatic rings. The number of methoxy groups -OCH3 is 1. The lowest BCUT2D eigenvalue weighted by Gasteiger charge is -2.24. The van der Waals surface area contributed by atoms with Crippen molar-refractivity contribution < 1.29 is 19.0 Å². The van der Waals surface area contributed by atoms with Crippen LogP contribution in [0.25, 0.3) is 6.08 Å². The number of fused-ring (bicyclic) bond motifs is 1. The summed E-state index contributed by atoms with van der Waals surface area (Å²) in [5, 5.41) is 0. The van der Waals surface area contributed by atoms with Crippen molar-refractivity contribution in [2.45, 2.75) is 33.4 Å². The quantitative estimate of drug-likeness (QED) is 0.241. The molecule has 0 unspecified atom stereocenters. The molecule has 1 aliphatic heterocycles. The summed E-state index contributed by atoms with van der Waals surface area (Å²) in [6, 6.07) is 20.6. The number of hydrogen-bond acceptors (Lipinski definition) is 7. The zero-order valence-electron chi connectivity index (χ0n) is 23.1. The fourth-order valence-electron chi connectivity index (χ4n) is 4.64. The number of rotatable bonds is 8. The smallest absolute Gasteiger partial charge is 0.338 e. The molecule has 1 aliphatic rings. The van der Waals surface area contributed by atoms with Crippen LogP contribution in [-0.2, 0) is 16.1 Å². The van der Waals surface area contributed by atoms with Gasteiger partial charge in [0.15, 0.2) is 16.3 Å². The minimum atomic E-state index is -0.642. The van der Waals surface area contributed by atoms with Crippen LogP contribution >= 0.6 is 27.3 Å². The van der Waals surface area contributed by atoms with Gasteiger partial charge in [-0.15, -0.1) is 0 Å². The summed E-state index contributed by atoms with van der Waals surface area (Å²) >= 11 is 4.72. The maximum Gasteiger partial charge on any atom is 0.338 e. The molecule has 7 nitrogen and oxygen atoms in total. The van der Waals surface area contributed by atoms with Gasteiger partial charge in [-0.3, -0.25) is 9.36 Å². The lowest BCUT2D eigenvalue weighted by atomic mass is 9.95. The summed E-state index contributed by atoms with van der Waals surface area (Å²) in [5.74, 6) is 0.682. The molecule has 5 rings (SSSR count). The van der Waals surface area contributed by atoms with Crippen LogP contribution in [0.4, 0.5) is 0 Å². The van der Waals surface area contributed by atoms with E-state index in [-0.39, 0.29) is 12.2 Å². The highest BCUT2D eigenvalue weighted by Gasteiger charge is 2.33. The summed E-state index contributed by atoms with van der Waals surface area (Å²) < 4.78 is 20.1. The van der Waals surface area contributed by atoms with Gasteiger partial charge in [-0.2, -0.15) is 0 Å². The average Bonchev–Trinajstić information content (AvgIpc) is 3.26. The number of esters is 1. The molecule has 0 radical (unpaired) electrons. The predicted molar refractivity (Wildman–Crippen MR) is 163 cm³/mol. The van der Waals surface area contributed by atoms with Crippen LogP contribution in [0.3, 0.4) is 0 Å². The highest BCUT2D eigenvalue weighted by atomic mass is 79.9. The van der Waals surface area contributed by atoms with Gasteiger partial charge >= 0.3 is 5.97 Å². The van der Waals surface area contributed by atoms with Crippen molar-refractivity contribution in [3.05, 3.63) is 124 Å². The number of aryl methyl sites for hydroxylation is 1. The Labute approximate surface area is 250 Å². The Bertz CT molecular complexity index is 1800. The number of ether oxygens (including phenoxy) is 3. The monoisotopic (exact) mass is 632 g/mol. The Morgan fingerprint density at radius 2 is 1.78 bits per heavy atom. The Kier molecular flexibility index (Phi) is 8.56. The second kappa shape index (κ2) is 12.3. The zero-order chi connectivity index (χ0) is 29.1. The first-order chi connectivity index (χ1) is 19.8. The van der Waals surface area contributed by atoms with Crippen LogP contribution in [-0.4, -0.2) is 24.3 Å². The maximum atomic E-state index is 13.9. The fourth-order valence-corrected chi connectivity index (χ4v) is 5.95. The van der Waals surface area contributed by atoms with Gasteiger partial charge in [0.25, 0.3) is 5.56 Å². The third-order valence-electron chi connectivity index (χ3n) is 6.70. The van der Waals surface area contributed by atoms with Gasteiger partial charge in [0.05, 0.1) is 35.6 Å². The molecule has 1 atom stereocenters. The van der Waals surface area contributed by atoms with Gasteiger partial charge in [0, 0.05) is 4.47 Å². The predicted octanol–water partition coefficient (Wildman–Crippen LogP) is 5.46. The number of nitrogens with zero attached hydrogens (tertiary/aromatic N) is 2. The first kappa shape index (κ1) is 28.6. The second-order valence-corrected chi connectivity index (χ2v) is 11.5. The van der Waals surface area contributed by atoms with Gasteiger partial charge < -0.3 is 14.2 Å². The molecule has 2 heterocycles. The van der Waals surface area contributed by atoms with Crippen molar-refractivity contribution in [1.29, 1.82) is 0 Å². The van der Waals surface area contributed by atoms with Gasteiger partial charge in [-0.1, -0.05) is 75.3 Å². The Hall–Kier alpha value is -3.95. The van der Waals surface area contributed by atoms with E-state index in [1.807, 2.05) is 73.7 Å². The van der Waals surface area contributed by atoms with Crippen molar-refractivity contribution >= 4 is 39.3 Å². The van der Waals surface area contributed by atoms with Crippen LogP contribution in [0, 0.1) is 6.92 Å². The molecule has 0 N–H and O–H groups in total. The van der Waals surface area contributed by atoms with Gasteiger partial charge in [0.2, 0.25) is 0 Å². The molecule has 41 heavy (non-hydrogen) atoms. The molecular formula is C32H29BrN2O5S. The number of carbonyl (C=O) groups excluding carboxylic acids is 1. The lowest BCUT2D eigenvalue weighted by Crippen LogP contribution is -2.39. The molecule has 9 heteroatoms. The highest BCUT2D eigenvalue weighted by Crippen LogP contribution is 2.31. The SMILES string of the molecule is CCOC(=O)C1=C(C)N=c2s/c(=C/c3ccc(OCc4ccc(Br)cc4)c(OC)c3)c(=O)n2[C@@H]1c1ccc(C)cc1. The van der Waals surface area contributed by atoms with Crippen LogP contribution in [0.2, 0.25) is 0 Å². The topological polar surface area (TPSA) is 79.1 Å². The van der Waals surface area contributed by atoms with Crippen molar-refractivity contribution in [2.24, 2.45) is 4.99 Å². The van der Waals surface area contributed by atoms with E-state index >= 15 is 0 Å². The van der Waals surface area contributed by atoms with Crippen LogP contribution in [0.5, 0.6) is 11.5 Å². The van der Waals surface area contributed by atoms with E-state index in [1.54, 1.807) is 31.6 Å². The van der Waals surface area contributed by atoms with Crippen molar-refractivity contribution in [2.75, 3.05) is 13.7 Å². The van der Waals surface area contributed by atoms with E-state index in [0.717, 1.165) is 26.7 Å². The highest BCUT2D eigenvalue weighted by molar-refractivity contribution is 9.10. The fraction of sp³-hybridized carbons (Fsp3) is 0.219. The van der Waals surface area contributed by atoms with E-state index < -0.39 is 12.0 Å². The largest absolute Gasteiger partial charge is 0.493 e.